The normalized spacial score (nSPS) is 10.5. The highest BCUT2D eigenvalue weighted by molar-refractivity contribution is 6.38. The van der Waals surface area contributed by atoms with E-state index in [1.165, 1.54) is 11.6 Å². The molecule has 1 heterocycles. The van der Waals surface area contributed by atoms with Crippen molar-refractivity contribution in [3.05, 3.63) is 24.4 Å². The molecule has 4 heteroatoms. The molecule has 0 aliphatic rings. The summed E-state index contributed by atoms with van der Waals surface area (Å²) in [6, 6.07) is 5.84. The van der Waals surface area contributed by atoms with Crippen molar-refractivity contribution in [1.82, 2.24) is 9.78 Å². The third-order valence-electron chi connectivity index (χ3n) is 2.13. The van der Waals surface area contributed by atoms with Gasteiger partial charge in [-0.2, -0.15) is 5.10 Å². The van der Waals surface area contributed by atoms with Crippen LogP contribution in [-0.4, -0.2) is 23.5 Å². The highest BCUT2D eigenvalue weighted by Crippen LogP contribution is 2.09. The minimum absolute atomic E-state index is 0.0550. The predicted octanol–water partition coefficient (Wildman–Crippen LogP) is -0.0452. The molecule has 2 aromatic rings. The molecule has 0 amide bonds. The lowest BCUT2D eigenvalue weighted by Gasteiger charge is -1.97. The number of benzene rings is 1. The maximum absolute atomic E-state index is 11.1. The second kappa shape index (κ2) is 2.73. The van der Waals surface area contributed by atoms with Gasteiger partial charge in [-0.25, -0.2) is 4.68 Å². The molecule has 0 aliphatic carbocycles. The fraction of sp³-hybridized carbons (Fsp3) is 0.111. The molecule has 1 aromatic heterocycles. The van der Waals surface area contributed by atoms with Crippen LogP contribution >= 0.6 is 0 Å². The standard InChI is InChI=1S/C9H9BN2O/c1-6(13)12-9-4-2-3-8(10)7(9)5-11-12/h2-5H,10H2,1H3. The smallest absolute Gasteiger partial charge is 0.244 e. The number of hydrogen-bond acceptors (Lipinski definition) is 2. The first-order valence-electron chi connectivity index (χ1n) is 4.14. The molecule has 0 unspecified atom stereocenters. The summed E-state index contributed by atoms with van der Waals surface area (Å²) in [6.07, 6.45) is 1.73. The average molecular weight is 172 g/mol. The topological polar surface area (TPSA) is 34.9 Å². The fourth-order valence-electron chi connectivity index (χ4n) is 1.45. The van der Waals surface area contributed by atoms with E-state index in [0.29, 0.717) is 0 Å². The molecule has 0 atom stereocenters. The van der Waals surface area contributed by atoms with E-state index >= 15 is 0 Å². The second-order valence-electron chi connectivity index (χ2n) is 3.08. The van der Waals surface area contributed by atoms with E-state index in [-0.39, 0.29) is 5.91 Å². The van der Waals surface area contributed by atoms with Gasteiger partial charge in [0.2, 0.25) is 5.91 Å². The molecule has 0 N–H and O–H groups in total. The third kappa shape index (κ3) is 1.14. The Balaban J connectivity index is 2.83. The summed E-state index contributed by atoms with van der Waals surface area (Å²) in [6.45, 7) is 1.51. The molecule has 0 radical (unpaired) electrons. The van der Waals surface area contributed by atoms with Crippen LogP contribution in [0.3, 0.4) is 0 Å². The summed E-state index contributed by atoms with van der Waals surface area (Å²) in [5.74, 6) is -0.0550. The number of nitrogens with zero attached hydrogens (tertiary/aromatic N) is 2. The molecule has 3 nitrogen and oxygen atoms in total. The quantitative estimate of drug-likeness (QED) is 0.522. The van der Waals surface area contributed by atoms with Crippen molar-refractivity contribution in [2.24, 2.45) is 0 Å². The van der Waals surface area contributed by atoms with Crippen LogP contribution in [0.25, 0.3) is 10.9 Å². The Kier molecular flexibility index (Phi) is 1.69. The minimum atomic E-state index is -0.0550. The molecule has 13 heavy (non-hydrogen) atoms. The number of hydrogen-bond donors (Lipinski definition) is 0. The maximum Gasteiger partial charge on any atom is 0.244 e. The Morgan fingerprint density at radius 2 is 2.31 bits per heavy atom. The van der Waals surface area contributed by atoms with Gasteiger partial charge in [0.15, 0.2) is 0 Å². The van der Waals surface area contributed by atoms with Gasteiger partial charge in [0.05, 0.1) is 11.7 Å². The molecule has 0 aliphatic heterocycles. The molecule has 0 bridgehead atoms. The van der Waals surface area contributed by atoms with Gasteiger partial charge in [0.25, 0.3) is 0 Å². The molecular weight excluding hydrogens is 163 g/mol. The van der Waals surface area contributed by atoms with Gasteiger partial charge in [0, 0.05) is 12.3 Å². The number of carbonyl (C=O) groups is 1. The van der Waals surface area contributed by atoms with Crippen LogP contribution in [0.4, 0.5) is 0 Å². The molecule has 1 aromatic carbocycles. The molecule has 64 valence electrons. The van der Waals surface area contributed by atoms with Crippen LogP contribution in [-0.2, 0) is 0 Å². The average Bonchev–Trinajstić information content (AvgIpc) is 2.48. The molecule has 0 saturated heterocycles. The fourth-order valence-corrected chi connectivity index (χ4v) is 1.45. The molecule has 0 spiro atoms. The number of rotatable bonds is 0. The summed E-state index contributed by atoms with van der Waals surface area (Å²) < 4.78 is 1.42. The SMILES string of the molecule is Bc1cccc2c1cnn2C(C)=O. The maximum atomic E-state index is 11.1. The van der Waals surface area contributed by atoms with Crippen molar-refractivity contribution >= 4 is 30.1 Å². The van der Waals surface area contributed by atoms with Crippen LogP contribution < -0.4 is 5.46 Å². The first kappa shape index (κ1) is 8.04. The van der Waals surface area contributed by atoms with Crippen molar-refractivity contribution in [3.8, 4) is 0 Å². The summed E-state index contributed by atoms with van der Waals surface area (Å²) in [5, 5.41) is 5.06. The van der Waals surface area contributed by atoms with E-state index in [1.807, 2.05) is 26.0 Å². The van der Waals surface area contributed by atoms with Gasteiger partial charge in [-0.3, -0.25) is 4.79 Å². The van der Waals surface area contributed by atoms with Crippen molar-refractivity contribution in [3.63, 3.8) is 0 Å². The van der Waals surface area contributed by atoms with Gasteiger partial charge in [0.1, 0.15) is 7.85 Å². The Labute approximate surface area is 76.8 Å². The van der Waals surface area contributed by atoms with Gasteiger partial charge < -0.3 is 0 Å². The first-order chi connectivity index (χ1) is 6.20. The first-order valence-corrected chi connectivity index (χ1v) is 4.14. The Hall–Kier alpha value is -1.58. The zero-order valence-corrected chi connectivity index (χ0v) is 7.61. The summed E-state index contributed by atoms with van der Waals surface area (Å²) in [5.41, 5.74) is 2.03. The van der Waals surface area contributed by atoms with E-state index in [0.717, 1.165) is 16.4 Å². The summed E-state index contributed by atoms with van der Waals surface area (Å²) >= 11 is 0. The number of aromatic nitrogens is 2. The summed E-state index contributed by atoms with van der Waals surface area (Å²) in [7, 11) is 2.01. The lowest BCUT2D eigenvalue weighted by molar-refractivity contribution is 0.0927. The largest absolute Gasteiger partial charge is 0.273 e. The van der Waals surface area contributed by atoms with Crippen LogP contribution in [0.2, 0.25) is 0 Å². The molecule has 0 fully saturated rings. The van der Waals surface area contributed by atoms with E-state index in [1.54, 1.807) is 6.20 Å². The van der Waals surface area contributed by atoms with Crippen LogP contribution in [0.15, 0.2) is 24.4 Å². The Morgan fingerprint density at radius 1 is 1.54 bits per heavy atom. The predicted molar refractivity (Wildman–Crippen MR) is 54.2 cm³/mol. The van der Waals surface area contributed by atoms with E-state index in [9.17, 15) is 4.79 Å². The molecule has 0 saturated carbocycles. The Bertz CT molecular complexity index is 475. The van der Waals surface area contributed by atoms with Gasteiger partial charge >= 0.3 is 0 Å². The van der Waals surface area contributed by atoms with Crippen molar-refractivity contribution in [2.45, 2.75) is 6.92 Å². The lowest BCUT2D eigenvalue weighted by atomic mass is 9.93. The number of carbonyl (C=O) groups excluding carboxylic acids is 1. The summed E-state index contributed by atoms with van der Waals surface area (Å²) in [4.78, 5) is 11.1. The monoisotopic (exact) mass is 172 g/mol. The van der Waals surface area contributed by atoms with E-state index in [2.05, 4.69) is 5.10 Å². The van der Waals surface area contributed by atoms with Gasteiger partial charge in [-0.1, -0.05) is 17.6 Å². The van der Waals surface area contributed by atoms with Crippen molar-refractivity contribution in [1.29, 1.82) is 0 Å². The van der Waals surface area contributed by atoms with Gasteiger partial charge in [-0.05, 0) is 6.07 Å². The van der Waals surface area contributed by atoms with Crippen molar-refractivity contribution in [2.75, 3.05) is 0 Å². The highest BCUT2D eigenvalue weighted by atomic mass is 16.2. The molecule has 2 rings (SSSR count). The number of fused-ring (bicyclic) bond motifs is 1. The Morgan fingerprint density at radius 3 is 3.00 bits per heavy atom. The highest BCUT2D eigenvalue weighted by Gasteiger charge is 2.06. The van der Waals surface area contributed by atoms with Crippen LogP contribution in [0.5, 0.6) is 0 Å². The van der Waals surface area contributed by atoms with E-state index < -0.39 is 0 Å². The lowest BCUT2D eigenvalue weighted by Crippen LogP contribution is -2.08. The van der Waals surface area contributed by atoms with Crippen LogP contribution in [0.1, 0.15) is 11.7 Å². The zero-order chi connectivity index (χ0) is 9.42. The van der Waals surface area contributed by atoms with Crippen LogP contribution in [0, 0.1) is 0 Å². The van der Waals surface area contributed by atoms with Gasteiger partial charge in [-0.15, -0.1) is 0 Å². The zero-order valence-electron chi connectivity index (χ0n) is 7.61. The van der Waals surface area contributed by atoms with Crippen molar-refractivity contribution < 1.29 is 4.79 Å². The van der Waals surface area contributed by atoms with E-state index in [4.69, 9.17) is 0 Å². The third-order valence-corrected chi connectivity index (χ3v) is 2.13. The second-order valence-corrected chi connectivity index (χ2v) is 3.08. The minimum Gasteiger partial charge on any atom is -0.273 e. The molecular formula is C9H9BN2O.